The summed E-state index contributed by atoms with van der Waals surface area (Å²) in [5.41, 5.74) is 0. The van der Waals surface area contributed by atoms with Crippen LogP contribution in [0.25, 0.3) is 0 Å². The van der Waals surface area contributed by atoms with Gasteiger partial charge in [0.2, 0.25) is 15.9 Å². The summed E-state index contributed by atoms with van der Waals surface area (Å²) < 4.78 is 56.8. The van der Waals surface area contributed by atoms with Crippen molar-refractivity contribution in [3.05, 3.63) is 54.0 Å². The third kappa shape index (κ3) is 4.12. The van der Waals surface area contributed by atoms with E-state index in [4.69, 9.17) is 4.42 Å². The minimum atomic E-state index is -4.25. The Balaban J connectivity index is 1.93. The van der Waals surface area contributed by atoms with Gasteiger partial charge in [0.05, 0.1) is 19.4 Å². The van der Waals surface area contributed by atoms with Crippen LogP contribution in [0, 0.1) is 11.6 Å². The summed E-state index contributed by atoms with van der Waals surface area (Å²) in [7, 11) is -4.25. The molecule has 0 aliphatic rings. The molecule has 22 heavy (non-hydrogen) atoms. The highest BCUT2D eigenvalue weighted by molar-refractivity contribution is 7.89. The molecule has 0 aliphatic carbocycles. The Labute approximate surface area is 125 Å². The highest BCUT2D eigenvalue weighted by atomic mass is 32.2. The zero-order chi connectivity index (χ0) is 16.2. The lowest BCUT2D eigenvalue weighted by Crippen LogP contribution is -2.36. The van der Waals surface area contributed by atoms with Crippen LogP contribution in [0.1, 0.15) is 5.76 Å². The Bertz CT molecular complexity index is 760. The fraction of sp³-hybridized carbons (Fsp3) is 0.154. The number of hydrogen-bond donors (Lipinski definition) is 2. The van der Waals surface area contributed by atoms with Crippen LogP contribution in [0.4, 0.5) is 8.78 Å². The first kappa shape index (κ1) is 16.1. The van der Waals surface area contributed by atoms with Gasteiger partial charge in [-0.3, -0.25) is 4.79 Å². The van der Waals surface area contributed by atoms with Crippen molar-refractivity contribution in [2.75, 3.05) is 6.54 Å². The zero-order valence-electron chi connectivity index (χ0n) is 11.2. The first-order valence-corrected chi connectivity index (χ1v) is 7.60. The number of hydrogen-bond acceptors (Lipinski definition) is 4. The molecule has 9 heteroatoms. The van der Waals surface area contributed by atoms with E-state index in [1.165, 1.54) is 6.26 Å². The van der Waals surface area contributed by atoms with E-state index in [0.29, 0.717) is 11.8 Å². The summed E-state index contributed by atoms with van der Waals surface area (Å²) in [5, 5.41) is 2.42. The third-order valence-corrected chi connectivity index (χ3v) is 4.08. The van der Waals surface area contributed by atoms with E-state index >= 15 is 0 Å². The van der Waals surface area contributed by atoms with E-state index in [2.05, 4.69) is 5.32 Å². The van der Waals surface area contributed by atoms with E-state index in [1.807, 2.05) is 4.72 Å². The standard InChI is InChI=1S/C13H12F2N2O4S/c14-9-3-4-12(11(15)6-9)22(19,20)17-8-13(18)16-7-10-2-1-5-21-10/h1-6,17H,7-8H2,(H,16,18). The van der Waals surface area contributed by atoms with Crippen LogP contribution >= 0.6 is 0 Å². The monoisotopic (exact) mass is 330 g/mol. The summed E-state index contributed by atoms with van der Waals surface area (Å²) in [4.78, 5) is 10.8. The molecule has 0 bridgehead atoms. The highest BCUT2D eigenvalue weighted by Gasteiger charge is 2.20. The van der Waals surface area contributed by atoms with Gasteiger partial charge in [0, 0.05) is 6.07 Å². The Kier molecular flexibility index (Phi) is 4.88. The van der Waals surface area contributed by atoms with Crippen LogP contribution < -0.4 is 10.0 Å². The van der Waals surface area contributed by atoms with Crippen LogP contribution in [0.3, 0.4) is 0 Å². The van der Waals surface area contributed by atoms with Gasteiger partial charge in [-0.2, -0.15) is 0 Å². The topological polar surface area (TPSA) is 88.4 Å². The van der Waals surface area contributed by atoms with Crippen molar-refractivity contribution in [1.82, 2.24) is 10.0 Å². The normalized spacial score (nSPS) is 11.4. The van der Waals surface area contributed by atoms with Crippen LogP contribution in [0.15, 0.2) is 45.9 Å². The number of furan rings is 1. The van der Waals surface area contributed by atoms with E-state index in [9.17, 15) is 22.0 Å². The SMILES string of the molecule is O=C(CNS(=O)(=O)c1ccc(F)cc1F)NCc1ccco1. The maximum Gasteiger partial charge on any atom is 0.243 e. The molecule has 0 spiro atoms. The quantitative estimate of drug-likeness (QED) is 0.832. The van der Waals surface area contributed by atoms with Crippen molar-refractivity contribution in [2.45, 2.75) is 11.4 Å². The Morgan fingerprint density at radius 3 is 2.64 bits per heavy atom. The van der Waals surface area contributed by atoms with Gasteiger partial charge in [-0.05, 0) is 24.3 Å². The minimum absolute atomic E-state index is 0.0957. The summed E-state index contributed by atoms with van der Waals surface area (Å²) in [6, 6.07) is 5.33. The van der Waals surface area contributed by atoms with Gasteiger partial charge in [-0.25, -0.2) is 21.9 Å². The number of rotatable bonds is 6. The average molecular weight is 330 g/mol. The predicted molar refractivity (Wildman–Crippen MR) is 72.1 cm³/mol. The lowest BCUT2D eigenvalue weighted by atomic mass is 10.3. The Morgan fingerprint density at radius 1 is 1.23 bits per heavy atom. The van der Waals surface area contributed by atoms with E-state index in [1.54, 1.807) is 12.1 Å². The number of nitrogens with one attached hydrogen (secondary N) is 2. The first-order chi connectivity index (χ1) is 10.4. The summed E-state index contributed by atoms with van der Waals surface area (Å²) in [6.45, 7) is -0.488. The number of benzene rings is 1. The van der Waals surface area contributed by atoms with Gasteiger partial charge >= 0.3 is 0 Å². The number of carbonyl (C=O) groups is 1. The molecular formula is C13H12F2N2O4S. The van der Waals surface area contributed by atoms with E-state index in [0.717, 1.165) is 12.1 Å². The van der Waals surface area contributed by atoms with Crippen molar-refractivity contribution in [1.29, 1.82) is 0 Å². The zero-order valence-corrected chi connectivity index (χ0v) is 12.0. The summed E-state index contributed by atoms with van der Waals surface area (Å²) in [5.74, 6) is -2.25. The van der Waals surface area contributed by atoms with Gasteiger partial charge in [0.25, 0.3) is 0 Å². The molecule has 0 saturated carbocycles. The van der Waals surface area contributed by atoms with Gasteiger partial charge in [0.15, 0.2) is 0 Å². The fourth-order valence-corrected chi connectivity index (χ4v) is 2.63. The molecule has 0 aliphatic heterocycles. The van der Waals surface area contributed by atoms with Crippen LogP contribution in [0.5, 0.6) is 0 Å². The van der Waals surface area contributed by atoms with Crippen LogP contribution in [-0.4, -0.2) is 20.9 Å². The molecule has 2 aromatic rings. The predicted octanol–water partition coefficient (Wildman–Crippen LogP) is 1.15. The van der Waals surface area contributed by atoms with Crippen molar-refractivity contribution >= 4 is 15.9 Å². The highest BCUT2D eigenvalue weighted by Crippen LogP contribution is 2.14. The molecule has 118 valence electrons. The second-order valence-electron chi connectivity index (χ2n) is 4.26. The molecule has 6 nitrogen and oxygen atoms in total. The largest absolute Gasteiger partial charge is 0.467 e. The fourth-order valence-electron chi connectivity index (χ4n) is 1.59. The molecule has 0 fully saturated rings. The lowest BCUT2D eigenvalue weighted by molar-refractivity contribution is -0.120. The van der Waals surface area contributed by atoms with Crippen LogP contribution in [0.2, 0.25) is 0 Å². The number of halogens is 2. The molecule has 2 N–H and O–H groups in total. The van der Waals surface area contributed by atoms with Gasteiger partial charge in [-0.1, -0.05) is 0 Å². The second kappa shape index (κ2) is 6.67. The maximum atomic E-state index is 13.4. The molecule has 1 heterocycles. The van der Waals surface area contributed by atoms with E-state index in [-0.39, 0.29) is 6.54 Å². The minimum Gasteiger partial charge on any atom is -0.467 e. The lowest BCUT2D eigenvalue weighted by Gasteiger charge is -2.08. The van der Waals surface area contributed by atoms with Crippen molar-refractivity contribution in [3.8, 4) is 0 Å². The Hall–Kier alpha value is -2.26. The molecular weight excluding hydrogens is 318 g/mol. The van der Waals surface area contributed by atoms with Gasteiger partial charge in [0.1, 0.15) is 22.3 Å². The second-order valence-corrected chi connectivity index (χ2v) is 5.99. The molecule has 1 aromatic heterocycles. The van der Waals surface area contributed by atoms with E-state index < -0.39 is 39.0 Å². The molecule has 0 unspecified atom stereocenters. The van der Waals surface area contributed by atoms with Gasteiger partial charge < -0.3 is 9.73 Å². The molecule has 0 radical (unpaired) electrons. The smallest absolute Gasteiger partial charge is 0.243 e. The average Bonchev–Trinajstić information content (AvgIpc) is 2.96. The van der Waals surface area contributed by atoms with Crippen LogP contribution in [-0.2, 0) is 21.4 Å². The number of amides is 1. The van der Waals surface area contributed by atoms with Crippen molar-refractivity contribution in [2.24, 2.45) is 0 Å². The molecule has 0 atom stereocenters. The molecule has 1 aromatic carbocycles. The van der Waals surface area contributed by atoms with Crippen molar-refractivity contribution < 1.29 is 26.4 Å². The maximum absolute atomic E-state index is 13.4. The summed E-state index contributed by atoms with van der Waals surface area (Å²) >= 11 is 0. The Morgan fingerprint density at radius 2 is 2.00 bits per heavy atom. The van der Waals surface area contributed by atoms with Crippen molar-refractivity contribution in [3.63, 3.8) is 0 Å². The number of carbonyl (C=O) groups excluding carboxylic acids is 1. The molecule has 0 saturated heterocycles. The molecule has 1 amide bonds. The molecule has 2 rings (SSSR count). The first-order valence-electron chi connectivity index (χ1n) is 6.12. The third-order valence-electron chi connectivity index (χ3n) is 2.65. The number of sulfonamides is 1. The summed E-state index contributed by atoms with van der Waals surface area (Å²) in [6.07, 6.45) is 1.43. The van der Waals surface area contributed by atoms with Gasteiger partial charge in [-0.15, -0.1) is 0 Å².